The molecule has 0 saturated carbocycles. The lowest BCUT2D eigenvalue weighted by molar-refractivity contribution is -0.114. The van der Waals surface area contributed by atoms with Crippen molar-refractivity contribution >= 4 is 29.4 Å². The highest BCUT2D eigenvalue weighted by molar-refractivity contribution is 6.30. The number of amides is 1. The number of ether oxygens (including phenoxy) is 1. The van der Waals surface area contributed by atoms with E-state index in [4.69, 9.17) is 16.3 Å². The molecule has 2 atom stereocenters. The number of nitrogens with zero attached hydrogens (tertiary/aromatic N) is 3. The molecule has 2 heterocycles. The Morgan fingerprint density at radius 1 is 1.25 bits per heavy atom. The molecule has 28 heavy (non-hydrogen) atoms. The van der Waals surface area contributed by atoms with Gasteiger partial charge in [-0.25, -0.2) is 4.68 Å². The van der Waals surface area contributed by atoms with Gasteiger partial charge in [0.15, 0.2) is 0 Å². The van der Waals surface area contributed by atoms with E-state index in [0.717, 1.165) is 23.3 Å². The summed E-state index contributed by atoms with van der Waals surface area (Å²) in [6.07, 6.45) is 0.734. The number of hydrogen-bond donors (Lipinski definition) is 2. The van der Waals surface area contributed by atoms with Crippen LogP contribution < -0.4 is 15.4 Å². The lowest BCUT2D eigenvalue weighted by atomic mass is 9.93. The van der Waals surface area contributed by atoms with E-state index >= 15 is 0 Å². The number of aromatic nitrogens is 3. The molecule has 4 rings (SSSR count). The molecule has 1 aliphatic rings. The fraction of sp³-hybridized carbons (Fsp3) is 0.250. The van der Waals surface area contributed by atoms with Crippen LogP contribution in [0.15, 0.2) is 48.5 Å². The van der Waals surface area contributed by atoms with Crippen LogP contribution in [0.2, 0.25) is 5.02 Å². The van der Waals surface area contributed by atoms with E-state index in [-0.39, 0.29) is 23.9 Å². The van der Waals surface area contributed by atoms with E-state index < -0.39 is 0 Å². The van der Waals surface area contributed by atoms with Crippen LogP contribution in [0, 0.1) is 0 Å². The third-order valence-electron chi connectivity index (χ3n) is 4.75. The van der Waals surface area contributed by atoms with Gasteiger partial charge < -0.3 is 10.1 Å². The van der Waals surface area contributed by atoms with E-state index in [0.29, 0.717) is 11.0 Å². The Kier molecular flexibility index (Phi) is 4.92. The number of fused-ring (bicyclic) bond motifs is 1. The fourth-order valence-corrected chi connectivity index (χ4v) is 3.63. The van der Waals surface area contributed by atoms with Crippen LogP contribution in [0.5, 0.6) is 5.75 Å². The highest BCUT2D eigenvalue weighted by Crippen LogP contribution is 2.41. The van der Waals surface area contributed by atoms with Gasteiger partial charge >= 0.3 is 0 Å². The van der Waals surface area contributed by atoms with Gasteiger partial charge in [0.25, 0.3) is 5.95 Å². The molecule has 0 radical (unpaired) electrons. The molecule has 7 nitrogen and oxygen atoms in total. The molecule has 2 N–H and O–H groups in total. The summed E-state index contributed by atoms with van der Waals surface area (Å²) in [6, 6.07) is 15.5. The molecule has 0 bridgehead atoms. The quantitative estimate of drug-likeness (QED) is 0.694. The minimum atomic E-state index is -0.217. The van der Waals surface area contributed by atoms with Gasteiger partial charge in [-0.1, -0.05) is 41.9 Å². The normalized spacial score (nSPS) is 18.1. The zero-order valence-corrected chi connectivity index (χ0v) is 16.3. The second-order valence-electron chi connectivity index (χ2n) is 6.63. The van der Waals surface area contributed by atoms with Crippen molar-refractivity contribution in [1.82, 2.24) is 14.8 Å². The smallest absolute Gasteiger partial charge is 0.250 e. The molecule has 144 valence electrons. The second-order valence-corrected chi connectivity index (χ2v) is 7.06. The number of benzene rings is 2. The molecular formula is C20H20ClN5O2. The zero-order valence-electron chi connectivity index (χ0n) is 15.5. The lowest BCUT2D eigenvalue weighted by Crippen LogP contribution is -2.28. The Labute approximate surface area is 167 Å². The molecular weight excluding hydrogens is 378 g/mol. The van der Waals surface area contributed by atoms with Crippen LogP contribution in [-0.4, -0.2) is 27.8 Å². The van der Waals surface area contributed by atoms with Crippen LogP contribution in [0.3, 0.4) is 0 Å². The SMILES string of the molecule is COc1ccccc1[C@H]1C[C@@H](c2ccc(Cl)cc2)Nc2nc(NC(C)=O)nn21. The predicted molar refractivity (Wildman–Crippen MR) is 108 cm³/mol. The summed E-state index contributed by atoms with van der Waals surface area (Å²) in [5.41, 5.74) is 2.10. The third-order valence-corrected chi connectivity index (χ3v) is 5.00. The first-order chi connectivity index (χ1) is 13.5. The van der Waals surface area contributed by atoms with Gasteiger partial charge in [0.1, 0.15) is 5.75 Å². The average Bonchev–Trinajstić information content (AvgIpc) is 3.09. The Morgan fingerprint density at radius 2 is 2.00 bits per heavy atom. The Bertz CT molecular complexity index is 1000. The summed E-state index contributed by atoms with van der Waals surface area (Å²) in [4.78, 5) is 15.9. The van der Waals surface area contributed by atoms with Crippen molar-refractivity contribution in [3.63, 3.8) is 0 Å². The van der Waals surface area contributed by atoms with Crippen LogP contribution >= 0.6 is 11.6 Å². The number of carbonyl (C=O) groups is 1. The number of para-hydroxylation sites is 1. The largest absolute Gasteiger partial charge is 0.496 e. The molecule has 0 saturated heterocycles. The maximum atomic E-state index is 11.4. The molecule has 0 unspecified atom stereocenters. The fourth-order valence-electron chi connectivity index (χ4n) is 3.50. The minimum absolute atomic E-state index is 0.00839. The summed E-state index contributed by atoms with van der Waals surface area (Å²) in [5.74, 6) is 1.43. The zero-order chi connectivity index (χ0) is 19.7. The summed E-state index contributed by atoms with van der Waals surface area (Å²) in [7, 11) is 1.65. The molecule has 8 heteroatoms. The first-order valence-electron chi connectivity index (χ1n) is 8.94. The van der Waals surface area contributed by atoms with Crippen LogP contribution in [0.25, 0.3) is 0 Å². The number of rotatable bonds is 4. The van der Waals surface area contributed by atoms with E-state index in [2.05, 4.69) is 20.7 Å². The highest BCUT2D eigenvalue weighted by Gasteiger charge is 2.32. The van der Waals surface area contributed by atoms with Gasteiger partial charge in [0.05, 0.1) is 19.2 Å². The molecule has 1 aliphatic heterocycles. The molecule has 0 aliphatic carbocycles. The first kappa shape index (κ1) is 18.3. The van der Waals surface area contributed by atoms with Gasteiger partial charge in [0.2, 0.25) is 11.9 Å². The molecule has 2 aromatic carbocycles. The van der Waals surface area contributed by atoms with Gasteiger partial charge in [-0.2, -0.15) is 4.98 Å². The number of anilines is 2. The topological polar surface area (TPSA) is 81.1 Å². The van der Waals surface area contributed by atoms with E-state index in [9.17, 15) is 4.79 Å². The minimum Gasteiger partial charge on any atom is -0.496 e. The lowest BCUT2D eigenvalue weighted by Gasteiger charge is -2.32. The monoisotopic (exact) mass is 397 g/mol. The number of nitrogens with one attached hydrogen (secondary N) is 2. The second kappa shape index (κ2) is 7.52. The maximum Gasteiger partial charge on any atom is 0.250 e. The summed E-state index contributed by atoms with van der Waals surface area (Å²) in [6.45, 7) is 1.43. The van der Waals surface area contributed by atoms with E-state index in [1.54, 1.807) is 11.8 Å². The van der Waals surface area contributed by atoms with Gasteiger partial charge in [-0.15, -0.1) is 5.10 Å². The average molecular weight is 398 g/mol. The van der Waals surface area contributed by atoms with E-state index in [1.807, 2.05) is 48.5 Å². The summed E-state index contributed by atoms with van der Waals surface area (Å²) < 4.78 is 7.37. The van der Waals surface area contributed by atoms with Crippen molar-refractivity contribution in [2.45, 2.75) is 25.4 Å². The number of hydrogen-bond acceptors (Lipinski definition) is 5. The van der Waals surface area contributed by atoms with Crippen molar-refractivity contribution < 1.29 is 9.53 Å². The first-order valence-corrected chi connectivity index (χ1v) is 9.32. The Balaban J connectivity index is 1.78. The Morgan fingerprint density at radius 3 is 2.71 bits per heavy atom. The summed E-state index contributed by atoms with van der Waals surface area (Å²) >= 11 is 6.04. The molecule has 1 aromatic heterocycles. The molecule has 0 fully saturated rings. The predicted octanol–water partition coefficient (Wildman–Crippen LogP) is 4.04. The standard InChI is InChI=1S/C20H20ClN5O2/c1-12(27)22-19-24-20-23-16(13-7-9-14(21)10-8-13)11-17(26(20)25-19)15-5-3-4-6-18(15)28-2/h3-10,16-17H,11H2,1-2H3,(H2,22,23,24,25,27)/t16-,17+/m0/s1. The van der Waals surface area contributed by atoms with Crippen molar-refractivity contribution in [1.29, 1.82) is 0 Å². The van der Waals surface area contributed by atoms with Crippen molar-refractivity contribution in [2.24, 2.45) is 0 Å². The molecule has 3 aromatic rings. The van der Waals surface area contributed by atoms with Crippen LogP contribution in [-0.2, 0) is 4.79 Å². The van der Waals surface area contributed by atoms with Crippen molar-refractivity contribution in [2.75, 3.05) is 17.7 Å². The number of carbonyl (C=O) groups excluding carboxylic acids is 1. The number of methoxy groups -OCH3 is 1. The summed E-state index contributed by atoms with van der Waals surface area (Å²) in [5, 5.41) is 11.3. The van der Waals surface area contributed by atoms with Gasteiger partial charge in [-0.05, 0) is 30.2 Å². The maximum absolute atomic E-state index is 11.4. The molecule has 0 spiro atoms. The Hall–Kier alpha value is -3.06. The van der Waals surface area contributed by atoms with Crippen LogP contribution in [0.1, 0.15) is 36.6 Å². The van der Waals surface area contributed by atoms with Gasteiger partial charge in [-0.3, -0.25) is 10.1 Å². The molecule has 1 amide bonds. The number of halogens is 1. The van der Waals surface area contributed by atoms with Crippen LogP contribution in [0.4, 0.5) is 11.9 Å². The van der Waals surface area contributed by atoms with Gasteiger partial charge in [0, 0.05) is 17.5 Å². The van der Waals surface area contributed by atoms with Crippen molar-refractivity contribution in [3.8, 4) is 5.75 Å². The van der Waals surface area contributed by atoms with E-state index in [1.165, 1.54) is 6.92 Å². The highest BCUT2D eigenvalue weighted by atomic mass is 35.5. The third kappa shape index (κ3) is 3.53. The van der Waals surface area contributed by atoms with Crippen molar-refractivity contribution in [3.05, 3.63) is 64.7 Å².